The van der Waals surface area contributed by atoms with Crippen LogP contribution in [-0.4, -0.2) is 28.6 Å². The summed E-state index contributed by atoms with van der Waals surface area (Å²) in [5.41, 5.74) is 1.03. The highest BCUT2D eigenvalue weighted by atomic mass is 32.2. The van der Waals surface area contributed by atoms with Gasteiger partial charge in [0.1, 0.15) is 23.9 Å². The average Bonchev–Trinajstić information content (AvgIpc) is 3.19. The zero-order valence-corrected chi connectivity index (χ0v) is 20.1. The molecule has 176 valence electrons. The maximum Gasteiger partial charge on any atom is 0.267 e. The van der Waals surface area contributed by atoms with Gasteiger partial charge in [-0.3, -0.25) is 9.69 Å². The van der Waals surface area contributed by atoms with Crippen LogP contribution < -0.4 is 4.74 Å². The molecule has 1 saturated heterocycles. The van der Waals surface area contributed by atoms with Crippen LogP contribution in [-0.2, 0) is 4.79 Å². The van der Waals surface area contributed by atoms with E-state index in [4.69, 9.17) is 11.2 Å². The second-order valence-electron chi connectivity index (χ2n) is 8.61. The SMILES string of the molecule is C#CCOc1ccc2ccccc2c1/C=C1\SC(=Nc2ccccc2F)N(C2CCCCC2)C1=O. The van der Waals surface area contributed by atoms with Gasteiger partial charge in [0.25, 0.3) is 5.91 Å². The maximum absolute atomic E-state index is 14.4. The molecule has 1 amide bonds. The van der Waals surface area contributed by atoms with Crippen LogP contribution in [0.1, 0.15) is 37.7 Å². The van der Waals surface area contributed by atoms with E-state index >= 15 is 0 Å². The van der Waals surface area contributed by atoms with Crippen molar-refractivity contribution in [2.24, 2.45) is 4.99 Å². The van der Waals surface area contributed by atoms with Crippen molar-refractivity contribution in [3.63, 3.8) is 0 Å². The first kappa shape index (κ1) is 23.2. The van der Waals surface area contributed by atoms with Gasteiger partial charge in [0, 0.05) is 11.6 Å². The Morgan fingerprint density at radius 2 is 1.86 bits per heavy atom. The van der Waals surface area contributed by atoms with Gasteiger partial charge in [0.2, 0.25) is 0 Å². The molecule has 2 fully saturated rings. The first-order chi connectivity index (χ1) is 17.2. The predicted molar refractivity (Wildman–Crippen MR) is 141 cm³/mol. The number of fused-ring (bicyclic) bond motifs is 1. The molecule has 0 N–H and O–H groups in total. The minimum Gasteiger partial charge on any atom is -0.480 e. The maximum atomic E-state index is 14.4. The van der Waals surface area contributed by atoms with Gasteiger partial charge in [-0.15, -0.1) is 6.42 Å². The number of thioether (sulfide) groups is 1. The largest absolute Gasteiger partial charge is 0.480 e. The molecule has 1 saturated carbocycles. The molecular weight excluding hydrogens is 459 g/mol. The highest BCUT2D eigenvalue weighted by molar-refractivity contribution is 8.18. The number of amides is 1. The zero-order chi connectivity index (χ0) is 24.2. The van der Waals surface area contributed by atoms with Gasteiger partial charge in [-0.25, -0.2) is 9.38 Å². The van der Waals surface area contributed by atoms with E-state index in [-0.39, 0.29) is 24.2 Å². The van der Waals surface area contributed by atoms with Crippen molar-refractivity contribution in [1.82, 2.24) is 4.90 Å². The highest BCUT2D eigenvalue weighted by Gasteiger charge is 2.39. The van der Waals surface area contributed by atoms with E-state index in [1.54, 1.807) is 23.1 Å². The Morgan fingerprint density at radius 1 is 1.09 bits per heavy atom. The number of hydrogen-bond donors (Lipinski definition) is 0. The van der Waals surface area contributed by atoms with E-state index in [1.165, 1.54) is 24.2 Å². The van der Waals surface area contributed by atoms with Crippen molar-refractivity contribution in [2.75, 3.05) is 6.61 Å². The van der Waals surface area contributed by atoms with E-state index in [1.807, 2.05) is 42.5 Å². The molecule has 3 aromatic carbocycles. The standard InChI is InChI=1S/C29H25FN2O2S/c1-2-18-34-26-17-16-20-10-6-7-13-22(20)23(26)19-27-28(33)32(21-11-4-3-5-12-21)29(35-27)31-25-15-9-8-14-24(25)30/h1,6-10,13-17,19,21H,3-5,11-12,18H2/b27-19-,31-29?. The zero-order valence-electron chi connectivity index (χ0n) is 19.2. The fourth-order valence-electron chi connectivity index (χ4n) is 4.67. The molecule has 0 aromatic heterocycles. The van der Waals surface area contributed by atoms with Crippen LogP contribution >= 0.6 is 11.8 Å². The fraction of sp³-hybridized carbons (Fsp3) is 0.241. The second-order valence-corrected chi connectivity index (χ2v) is 9.62. The van der Waals surface area contributed by atoms with Crippen LogP contribution in [0.2, 0.25) is 0 Å². The molecule has 5 rings (SSSR count). The number of carbonyl (C=O) groups is 1. The summed E-state index contributed by atoms with van der Waals surface area (Å²) in [6.07, 6.45) is 12.4. The molecule has 0 unspecified atom stereocenters. The minimum absolute atomic E-state index is 0.0600. The third-order valence-corrected chi connectivity index (χ3v) is 7.35. The molecule has 0 radical (unpaired) electrons. The molecule has 35 heavy (non-hydrogen) atoms. The summed E-state index contributed by atoms with van der Waals surface area (Å²) in [5.74, 6) is 2.61. The Morgan fingerprint density at radius 3 is 2.66 bits per heavy atom. The van der Waals surface area contributed by atoms with Crippen molar-refractivity contribution in [1.29, 1.82) is 0 Å². The van der Waals surface area contributed by atoms with Crippen LogP contribution in [0.15, 0.2) is 70.6 Å². The van der Waals surface area contributed by atoms with E-state index in [0.717, 1.165) is 42.0 Å². The van der Waals surface area contributed by atoms with E-state index in [2.05, 4.69) is 10.9 Å². The van der Waals surface area contributed by atoms with E-state index in [9.17, 15) is 9.18 Å². The molecular formula is C29H25FN2O2S. The number of hydrogen-bond acceptors (Lipinski definition) is 4. The third kappa shape index (κ3) is 4.82. The lowest BCUT2D eigenvalue weighted by Gasteiger charge is -2.30. The van der Waals surface area contributed by atoms with Gasteiger partial charge in [-0.05, 0) is 59.7 Å². The van der Waals surface area contributed by atoms with Crippen molar-refractivity contribution >= 4 is 45.4 Å². The number of carbonyl (C=O) groups excluding carboxylic acids is 1. The lowest BCUT2D eigenvalue weighted by Crippen LogP contribution is -2.40. The predicted octanol–water partition coefficient (Wildman–Crippen LogP) is 6.93. The van der Waals surface area contributed by atoms with Gasteiger partial charge in [0.05, 0.1) is 4.91 Å². The monoisotopic (exact) mass is 484 g/mol. The summed E-state index contributed by atoms with van der Waals surface area (Å²) in [5, 5.41) is 2.52. The van der Waals surface area contributed by atoms with Crippen LogP contribution in [0.25, 0.3) is 16.8 Å². The summed E-state index contributed by atoms with van der Waals surface area (Å²) in [6.45, 7) is 0.129. The molecule has 2 aliphatic rings. The number of benzene rings is 3. The van der Waals surface area contributed by atoms with E-state index in [0.29, 0.717) is 15.8 Å². The molecule has 0 atom stereocenters. The van der Waals surface area contributed by atoms with Crippen molar-refractivity contribution < 1.29 is 13.9 Å². The number of amidine groups is 1. The Labute approximate surface area is 208 Å². The van der Waals surface area contributed by atoms with Gasteiger partial charge in [-0.2, -0.15) is 0 Å². The summed E-state index contributed by atoms with van der Waals surface area (Å²) < 4.78 is 20.3. The first-order valence-electron chi connectivity index (χ1n) is 11.8. The number of terminal acetylenes is 1. The van der Waals surface area contributed by atoms with Crippen molar-refractivity contribution in [3.05, 3.63) is 76.9 Å². The van der Waals surface area contributed by atoms with Crippen molar-refractivity contribution in [2.45, 2.75) is 38.1 Å². The van der Waals surface area contributed by atoms with Gasteiger partial charge in [-0.1, -0.05) is 67.6 Å². The molecule has 1 aliphatic heterocycles. The van der Waals surface area contributed by atoms with Gasteiger partial charge < -0.3 is 4.74 Å². The number of halogens is 1. The van der Waals surface area contributed by atoms with Crippen LogP contribution in [0, 0.1) is 18.2 Å². The first-order valence-corrected chi connectivity index (χ1v) is 12.6. The number of ether oxygens (including phenoxy) is 1. The van der Waals surface area contributed by atoms with Crippen LogP contribution in [0.4, 0.5) is 10.1 Å². The Hall–Kier alpha value is -3.56. The van der Waals surface area contributed by atoms with Crippen LogP contribution in [0.5, 0.6) is 5.75 Å². The number of aliphatic imine (C=N–C) groups is 1. The third-order valence-electron chi connectivity index (χ3n) is 6.36. The van der Waals surface area contributed by atoms with E-state index < -0.39 is 5.82 Å². The van der Waals surface area contributed by atoms with Crippen LogP contribution in [0.3, 0.4) is 0 Å². The average molecular weight is 485 g/mol. The lowest BCUT2D eigenvalue weighted by atomic mass is 9.94. The van der Waals surface area contributed by atoms with Gasteiger partial charge >= 0.3 is 0 Å². The molecule has 0 spiro atoms. The lowest BCUT2D eigenvalue weighted by molar-refractivity contribution is -0.124. The Balaban J connectivity index is 1.61. The quantitative estimate of drug-likeness (QED) is 0.291. The van der Waals surface area contributed by atoms with Crippen molar-refractivity contribution in [3.8, 4) is 18.1 Å². The fourth-order valence-corrected chi connectivity index (χ4v) is 5.71. The second kappa shape index (κ2) is 10.4. The Bertz CT molecular complexity index is 1370. The summed E-state index contributed by atoms with van der Waals surface area (Å²) in [6, 6.07) is 18.3. The molecule has 1 heterocycles. The van der Waals surface area contributed by atoms with Gasteiger partial charge in [0.15, 0.2) is 5.17 Å². The topological polar surface area (TPSA) is 41.9 Å². The minimum atomic E-state index is -0.409. The molecule has 4 nitrogen and oxygen atoms in total. The molecule has 1 aliphatic carbocycles. The molecule has 0 bridgehead atoms. The number of nitrogens with zero attached hydrogens (tertiary/aromatic N) is 2. The molecule has 3 aromatic rings. The normalized spacial score (nSPS) is 19.0. The summed E-state index contributed by atoms with van der Waals surface area (Å²) in [4.78, 5) is 20.7. The smallest absolute Gasteiger partial charge is 0.267 e. The summed E-state index contributed by atoms with van der Waals surface area (Å²) in [7, 11) is 0. The number of rotatable bonds is 5. The highest BCUT2D eigenvalue weighted by Crippen LogP contribution is 2.40. The number of para-hydroxylation sites is 1. The Kier molecular flexibility index (Phi) is 6.87. The summed E-state index contributed by atoms with van der Waals surface area (Å²) >= 11 is 1.28. The molecule has 6 heteroatoms.